The molecular weight excluding hydrogens is 318 g/mol. The van der Waals surface area contributed by atoms with E-state index >= 15 is 0 Å². The fourth-order valence-corrected chi connectivity index (χ4v) is 2.36. The van der Waals surface area contributed by atoms with Crippen LogP contribution in [0.3, 0.4) is 0 Å². The third kappa shape index (κ3) is 3.48. The van der Waals surface area contributed by atoms with Gasteiger partial charge in [0, 0.05) is 0 Å². The van der Waals surface area contributed by atoms with Gasteiger partial charge in [0.05, 0.1) is 22.4 Å². The summed E-state index contributed by atoms with van der Waals surface area (Å²) < 4.78 is 2.61. The van der Waals surface area contributed by atoms with Crippen molar-refractivity contribution >= 4 is 21.8 Å². The minimum absolute atomic E-state index is 0.0283. The Labute approximate surface area is 127 Å². The lowest BCUT2D eigenvalue weighted by Gasteiger charge is -2.17. The van der Waals surface area contributed by atoms with Crippen molar-refractivity contribution in [3.63, 3.8) is 0 Å². The quantitative estimate of drug-likeness (QED) is 0.911. The number of carbonyl (C=O) groups excluding carboxylic acids is 1. The maximum absolute atomic E-state index is 12.1. The molecule has 4 nitrogen and oxygen atoms in total. The summed E-state index contributed by atoms with van der Waals surface area (Å²) in [5, 5.41) is 7.22. The molecule has 0 spiro atoms. The molecule has 1 heterocycles. The van der Waals surface area contributed by atoms with Crippen molar-refractivity contribution in [2.75, 3.05) is 0 Å². The first-order valence-electron chi connectivity index (χ1n) is 6.64. The second-order valence-electron chi connectivity index (χ2n) is 4.67. The highest BCUT2D eigenvalue weighted by Crippen LogP contribution is 2.17. The van der Waals surface area contributed by atoms with Crippen molar-refractivity contribution in [1.82, 2.24) is 15.1 Å². The van der Waals surface area contributed by atoms with Gasteiger partial charge in [-0.05, 0) is 34.8 Å². The molecule has 0 aliphatic rings. The largest absolute Gasteiger partial charge is 0.348 e. The van der Waals surface area contributed by atoms with Gasteiger partial charge in [0.15, 0.2) is 0 Å². The lowest BCUT2D eigenvalue weighted by atomic mass is 10.0. The van der Waals surface area contributed by atoms with Crippen LogP contribution in [0.1, 0.15) is 30.6 Å². The van der Waals surface area contributed by atoms with Crippen LogP contribution in [0.15, 0.2) is 41.0 Å². The second kappa shape index (κ2) is 6.70. The van der Waals surface area contributed by atoms with Gasteiger partial charge in [-0.3, -0.25) is 9.48 Å². The average molecular weight is 336 g/mol. The molecule has 1 N–H and O–H groups in total. The first kappa shape index (κ1) is 14.8. The smallest absolute Gasteiger partial charge is 0.242 e. The van der Waals surface area contributed by atoms with Crippen molar-refractivity contribution in [3.8, 4) is 0 Å². The highest BCUT2D eigenvalue weighted by atomic mass is 79.9. The first-order chi connectivity index (χ1) is 9.61. The molecule has 1 aromatic heterocycles. The number of hydrogen-bond donors (Lipinski definition) is 1. The molecule has 1 aromatic carbocycles. The summed E-state index contributed by atoms with van der Waals surface area (Å²) in [5.41, 5.74) is 2.08. The van der Waals surface area contributed by atoms with Crippen LogP contribution in [0, 0.1) is 6.92 Å². The summed E-state index contributed by atoms with van der Waals surface area (Å²) in [4.78, 5) is 12.1. The predicted molar refractivity (Wildman–Crippen MR) is 82.3 cm³/mol. The predicted octanol–water partition coefficient (Wildman–Crippen LogP) is 3.22. The van der Waals surface area contributed by atoms with Gasteiger partial charge >= 0.3 is 0 Å². The fraction of sp³-hybridized carbons (Fsp3) is 0.333. The molecule has 2 rings (SSSR count). The zero-order valence-corrected chi connectivity index (χ0v) is 13.2. The highest BCUT2D eigenvalue weighted by Gasteiger charge is 2.14. The van der Waals surface area contributed by atoms with Gasteiger partial charge in [-0.15, -0.1) is 0 Å². The molecule has 0 aliphatic carbocycles. The summed E-state index contributed by atoms with van der Waals surface area (Å²) in [6.07, 6.45) is 2.56. The van der Waals surface area contributed by atoms with Crippen LogP contribution < -0.4 is 5.32 Å². The summed E-state index contributed by atoms with van der Waals surface area (Å²) in [7, 11) is 0. The number of nitrogens with zero attached hydrogens (tertiary/aromatic N) is 2. The van der Waals surface area contributed by atoms with E-state index in [2.05, 4.69) is 33.3 Å². The zero-order valence-electron chi connectivity index (χ0n) is 11.6. The topological polar surface area (TPSA) is 46.9 Å². The Morgan fingerprint density at radius 3 is 2.65 bits per heavy atom. The standard InChI is InChI=1S/C15H18BrN3O/c1-3-14(12-7-5-4-6-8-12)18-15(20)10-19-11(2)13(16)9-17-19/h4-9,14H,3,10H2,1-2H3,(H,18,20). The maximum Gasteiger partial charge on any atom is 0.242 e. The van der Waals surface area contributed by atoms with E-state index in [1.54, 1.807) is 10.9 Å². The number of amides is 1. The summed E-state index contributed by atoms with van der Waals surface area (Å²) >= 11 is 3.39. The molecule has 1 amide bonds. The molecule has 0 fully saturated rings. The number of halogens is 1. The third-order valence-electron chi connectivity index (χ3n) is 3.28. The van der Waals surface area contributed by atoms with E-state index in [1.165, 1.54) is 0 Å². The van der Waals surface area contributed by atoms with Gasteiger partial charge < -0.3 is 5.32 Å². The van der Waals surface area contributed by atoms with Crippen LogP contribution in [0.4, 0.5) is 0 Å². The molecule has 0 radical (unpaired) electrons. The normalized spacial score (nSPS) is 12.2. The minimum atomic E-state index is -0.0283. The maximum atomic E-state index is 12.1. The Morgan fingerprint density at radius 1 is 1.40 bits per heavy atom. The second-order valence-corrected chi connectivity index (χ2v) is 5.53. The van der Waals surface area contributed by atoms with E-state index in [-0.39, 0.29) is 18.5 Å². The molecule has 1 unspecified atom stereocenters. The number of hydrogen-bond acceptors (Lipinski definition) is 2. The van der Waals surface area contributed by atoms with Crippen molar-refractivity contribution in [3.05, 3.63) is 52.3 Å². The third-order valence-corrected chi connectivity index (χ3v) is 4.06. The van der Waals surface area contributed by atoms with E-state index in [1.807, 2.05) is 37.3 Å². The van der Waals surface area contributed by atoms with Gasteiger partial charge in [0.1, 0.15) is 6.54 Å². The molecule has 0 saturated carbocycles. The molecule has 0 saturated heterocycles. The van der Waals surface area contributed by atoms with Gasteiger partial charge in [-0.25, -0.2) is 0 Å². The van der Waals surface area contributed by atoms with Gasteiger partial charge in [-0.1, -0.05) is 37.3 Å². The van der Waals surface area contributed by atoms with Crippen molar-refractivity contribution < 1.29 is 4.79 Å². The number of rotatable bonds is 5. The van der Waals surface area contributed by atoms with Crippen LogP contribution in [0.25, 0.3) is 0 Å². The SMILES string of the molecule is CCC(NC(=O)Cn1ncc(Br)c1C)c1ccccc1. The Bertz CT molecular complexity index is 580. The monoisotopic (exact) mass is 335 g/mol. The van der Waals surface area contributed by atoms with E-state index in [0.29, 0.717) is 0 Å². The van der Waals surface area contributed by atoms with Gasteiger partial charge in [0.2, 0.25) is 5.91 Å². The van der Waals surface area contributed by atoms with Crippen LogP contribution >= 0.6 is 15.9 Å². The van der Waals surface area contributed by atoms with E-state index in [0.717, 1.165) is 22.2 Å². The summed E-state index contributed by atoms with van der Waals surface area (Å²) in [6, 6.07) is 10.1. The van der Waals surface area contributed by atoms with Crippen LogP contribution in [-0.2, 0) is 11.3 Å². The van der Waals surface area contributed by atoms with E-state index in [9.17, 15) is 4.79 Å². The lowest BCUT2D eigenvalue weighted by molar-refractivity contribution is -0.122. The number of benzene rings is 1. The number of nitrogens with one attached hydrogen (secondary N) is 1. The van der Waals surface area contributed by atoms with Crippen molar-refractivity contribution in [2.45, 2.75) is 32.9 Å². The Morgan fingerprint density at radius 2 is 2.10 bits per heavy atom. The first-order valence-corrected chi connectivity index (χ1v) is 7.43. The van der Waals surface area contributed by atoms with E-state index in [4.69, 9.17) is 0 Å². The number of aromatic nitrogens is 2. The van der Waals surface area contributed by atoms with Gasteiger partial charge in [0.25, 0.3) is 0 Å². The van der Waals surface area contributed by atoms with Crippen LogP contribution in [0.5, 0.6) is 0 Å². The summed E-state index contributed by atoms with van der Waals surface area (Å²) in [6.45, 7) is 4.23. The molecule has 2 aromatic rings. The lowest BCUT2D eigenvalue weighted by Crippen LogP contribution is -2.31. The average Bonchev–Trinajstić information content (AvgIpc) is 2.77. The zero-order chi connectivity index (χ0) is 14.5. The summed E-state index contributed by atoms with van der Waals surface area (Å²) in [5.74, 6) is -0.0283. The molecule has 0 aliphatic heterocycles. The fourth-order valence-electron chi connectivity index (χ4n) is 2.07. The molecule has 5 heteroatoms. The van der Waals surface area contributed by atoms with Crippen LogP contribution in [-0.4, -0.2) is 15.7 Å². The van der Waals surface area contributed by atoms with Crippen molar-refractivity contribution in [1.29, 1.82) is 0 Å². The Hall–Kier alpha value is -1.62. The Balaban J connectivity index is 2.01. The number of carbonyl (C=O) groups is 1. The van der Waals surface area contributed by atoms with Gasteiger partial charge in [-0.2, -0.15) is 5.10 Å². The molecule has 0 bridgehead atoms. The minimum Gasteiger partial charge on any atom is -0.348 e. The molecular formula is C15H18BrN3O. The Kier molecular flexibility index (Phi) is 4.95. The molecule has 1 atom stereocenters. The van der Waals surface area contributed by atoms with Crippen LogP contribution in [0.2, 0.25) is 0 Å². The van der Waals surface area contributed by atoms with Crippen molar-refractivity contribution in [2.24, 2.45) is 0 Å². The molecule has 20 heavy (non-hydrogen) atoms. The van der Waals surface area contributed by atoms with E-state index < -0.39 is 0 Å². The molecule has 106 valence electrons. The highest BCUT2D eigenvalue weighted by molar-refractivity contribution is 9.10.